The number of carbonyl (C=O) groups is 1. The zero-order chi connectivity index (χ0) is 13.3. The average Bonchev–Trinajstić information content (AvgIpc) is 2.79. The fourth-order valence-corrected chi connectivity index (χ4v) is 3.05. The summed E-state index contributed by atoms with van der Waals surface area (Å²) in [6.45, 7) is 1.94. The third-order valence-electron chi connectivity index (χ3n) is 2.63. The molecule has 1 aromatic rings. The first-order valence-corrected chi connectivity index (χ1v) is 7.06. The summed E-state index contributed by atoms with van der Waals surface area (Å²) >= 11 is 0. The summed E-state index contributed by atoms with van der Waals surface area (Å²) in [6.07, 6.45) is 1.57. The smallest absolute Gasteiger partial charge is 0.372 e. The van der Waals surface area contributed by atoms with E-state index in [0.717, 1.165) is 0 Å². The Balaban J connectivity index is 1.98. The molecule has 0 saturated carbocycles. The minimum absolute atomic E-state index is 0.0263. The minimum Gasteiger partial charge on any atom is -0.475 e. The summed E-state index contributed by atoms with van der Waals surface area (Å²) in [5.41, 5.74) is 0.550. The van der Waals surface area contributed by atoms with E-state index in [1.54, 1.807) is 19.1 Å². The van der Waals surface area contributed by atoms with Crippen molar-refractivity contribution < 1.29 is 22.7 Å². The standard InChI is InChI=1S/C11H13NO5S/c1-7-4-9(17-10(7)11(13)14)5-12-8-2-3-18(15,16)6-8/h2-4,8,12H,5-6H2,1H3,(H,13,14). The molecule has 18 heavy (non-hydrogen) atoms. The highest BCUT2D eigenvalue weighted by Gasteiger charge is 2.21. The van der Waals surface area contributed by atoms with Crippen LogP contribution in [-0.4, -0.2) is 31.3 Å². The largest absolute Gasteiger partial charge is 0.475 e. The van der Waals surface area contributed by atoms with Gasteiger partial charge in [-0.25, -0.2) is 13.2 Å². The molecule has 1 unspecified atom stereocenters. The van der Waals surface area contributed by atoms with Gasteiger partial charge in [-0.3, -0.25) is 0 Å². The average molecular weight is 271 g/mol. The SMILES string of the molecule is Cc1cc(CNC2C=CS(=O)(=O)C2)oc1C(=O)O. The summed E-state index contributed by atoms with van der Waals surface area (Å²) < 4.78 is 27.5. The number of rotatable bonds is 4. The van der Waals surface area contributed by atoms with Crippen LogP contribution in [0.2, 0.25) is 0 Å². The van der Waals surface area contributed by atoms with Crippen LogP contribution in [0.5, 0.6) is 0 Å². The Morgan fingerprint density at radius 2 is 2.33 bits per heavy atom. The Hall–Kier alpha value is -1.60. The summed E-state index contributed by atoms with van der Waals surface area (Å²) in [5, 5.41) is 13.0. The second-order valence-corrected chi connectivity index (χ2v) is 6.11. The normalized spacial score (nSPS) is 21.3. The first kappa shape index (κ1) is 12.8. The van der Waals surface area contributed by atoms with E-state index < -0.39 is 15.8 Å². The van der Waals surface area contributed by atoms with Crippen LogP contribution in [0.1, 0.15) is 21.9 Å². The number of aryl methyl sites for hydroxylation is 1. The molecule has 1 aromatic heterocycles. The van der Waals surface area contributed by atoms with Gasteiger partial charge in [0.25, 0.3) is 0 Å². The molecule has 7 heteroatoms. The van der Waals surface area contributed by atoms with E-state index in [1.165, 1.54) is 5.41 Å². The van der Waals surface area contributed by atoms with Crippen molar-refractivity contribution in [3.05, 3.63) is 34.6 Å². The molecule has 0 amide bonds. The van der Waals surface area contributed by atoms with Gasteiger partial charge in [-0.1, -0.05) is 6.08 Å². The van der Waals surface area contributed by atoms with Crippen LogP contribution in [0.3, 0.4) is 0 Å². The number of hydrogen-bond donors (Lipinski definition) is 2. The van der Waals surface area contributed by atoms with Gasteiger partial charge in [-0.05, 0) is 13.0 Å². The second kappa shape index (κ2) is 4.58. The van der Waals surface area contributed by atoms with Gasteiger partial charge in [0.1, 0.15) is 5.76 Å². The highest BCUT2D eigenvalue weighted by molar-refractivity contribution is 7.94. The van der Waals surface area contributed by atoms with Crippen LogP contribution in [0.4, 0.5) is 0 Å². The number of nitrogens with one attached hydrogen (secondary N) is 1. The molecule has 0 bridgehead atoms. The number of hydrogen-bond acceptors (Lipinski definition) is 5. The minimum atomic E-state index is -3.08. The van der Waals surface area contributed by atoms with Crippen LogP contribution in [0, 0.1) is 6.92 Å². The highest BCUT2D eigenvalue weighted by Crippen LogP contribution is 2.15. The summed E-state index contributed by atoms with van der Waals surface area (Å²) in [6, 6.07) is 1.37. The number of aromatic carboxylic acids is 1. The molecule has 1 aliphatic heterocycles. The number of carboxylic acids is 1. The lowest BCUT2D eigenvalue weighted by atomic mass is 10.2. The van der Waals surface area contributed by atoms with Crippen molar-refractivity contribution in [2.45, 2.75) is 19.5 Å². The van der Waals surface area contributed by atoms with Crippen molar-refractivity contribution in [3.8, 4) is 0 Å². The predicted octanol–water partition coefficient (Wildman–Crippen LogP) is 0.687. The fraction of sp³-hybridized carbons (Fsp3) is 0.364. The van der Waals surface area contributed by atoms with Crippen molar-refractivity contribution in [1.82, 2.24) is 5.32 Å². The van der Waals surface area contributed by atoms with Crippen LogP contribution in [0.15, 0.2) is 22.0 Å². The number of sulfone groups is 1. The van der Waals surface area contributed by atoms with Gasteiger partial charge >= 0.3 is 5.97 Å². The third kappa shape index (κ3) is 2.80. The zero-order valence-electron chi connectivity index (χ0n) is 9.71. The molecule has 2 N–H and O–H groups in total. The van der Waals surface area contributed by atoms with Crippen molar-refractivity contribution in [1.29, 1.82) is 0 Å². The second-order valence-electron chi connectivity index (χ2n) is 4.18. The van der Waals surface area contributed by atoms with Gasteiger partial charge in [0.2, 0.25) is 5.76 Å². The Morgan fingerprint density at radius 1 is 1.61 bits per heavy atom. The monoisotopic (exact) mass is 271 g/mol. The maximum Gasteiger partial charge on any atom is 0.372 e. The van der Waals surface area contributed by atoms with E-state index in [0.29, 0.717) is 17.9 Å². The van der Waals surface area contributed by atoms with Gasteiger partial charge in [-0.15, -0.1) is 0 Å². The molecule has 0 aliphatic carbocycles. The van der Waals surface area contributed by atoms with Crippen LogP contribution >= 0.6 is 0 Å². The van der Waals surface area contributed by atoms with Crippen LogP contribution in [0.25, 0.3) is 0 Å². The molecule has 6 nitrogen and oxygen atoms in total. The van der Waals surface area contributed by atoms with Crippen molar-refractivity contribution >= 4 is 15.8 Å². The van der Waals surface area contributed by atoms with Crippen molar-refractivity contribution in [2.24, 2.45) is 0 Å². The fourth-order valence-electron chi connectivity index (χ4n) is 1.78. The molecular weight excluding hydrogens is 258 g/mol. The van der Waals surface area contributed by atoms with Gasteiger partial charge in [-0.2, -0.15) is 0 Å². The molecule has 1 aliphatic rings. The predicted molar refractivity (Wildman–Crippen MR) is 64.0 cm³/mol. The first-order chi connectivity index (χ1) is 8.37. The van der Waals surface area contributed by atoms with Crippen LogP contribution in [-0.2, 0) is 16.4 Å². The lowest BCUT2D eigenvalue weighted by Gasteiger charge is -2.07. The van der Waals surface area contributed by atoms with Crippen molar-refractivity contribution in [3.63, 3.8) is 0 Å². The molecule has 2 rings (SSSR count). The highest BCUT2D eigenvalue weighted by atomic mass is 32.2. The van der Waals surface area contributed by atoms with E-state index in [2.05, 4.69) is 5.32 Å². The summed E-state index contributed by atoms with van der Waals surface area (Å²) in [4.78, 5) is 10.8. The van der Waals surface area contributed by atoms with E-state index in [9.17, 15) is 13.2 Å². The number of carboxylic acid groups (broad SMARTS) is 1. The van der Waals surface area contributed by atoms with E-state index in [4.69, 9.17) is 9.52 Å². The molecule has 0 aromatic carbocycles. The van der Waals surface area contributed by atoms with Gasteiger partial charge in [0.15, 0.2) is 9.84 Å². The molecule has 1 atom stereocenters. The third-order valence-corrected chi connectivity index (χ3v) is 4.03. The zero-order valence-corrected chi connectivity index (χ0v) is 10.5. The molecule has 0 saturated heterocycles. The Morgan fingerprint density at radius 3 is 2.83 bits per heavy atom. The van der Waals surface area contributed by atoms with Gasteiger partial charge in [0.05, 0.1) is 12.3 Å². The Labute approximate surface area is 104 Å². The van der Waals surface area contributed by atoms with E-state index in [1.807, 2.05) is 0 Å². The van der Waals surface area contributed by atoms with Crippen molar-refractivity contribution in [2.75, 3.05) is 5.75 Å². The lowest BCUT2D eigenvalue weighted by molar-refractivity contribution is 0.0659. The number of furan rings is 1. The van der Waals surface area contributed by atoms with E-state index >= 15 is 0 Å². The van der Waals surface area contributed by atoms with Crippen LogP contribution < -0.4 is 5.32 Å². The van der Waals surface area contributed by atoms with Gasteiger partial charge < -0.3 is 14.8 Å². The summed E-state index contributed by atoms with van der Waals surface area (Å²) in [7, 11) is -3.08. The molecule has 0 radical (unpaired) electrons. The molecule has 0 fully saturated rings. The molecule has 98 valence electrons. The quantitative estimate of drug-likeness (QED) is 0.836. The topological polar surface area (TPSA) is 96.6 Å². The molecular formula is C11H13NO5S. The van der Waals surface area contributed by atoms with E-state index in [-0.39, 0.29) is 17.6 Å². The summed E-state index contributed by atoms with van der Waals surface area (Å²) in [5.74, 6) is -0.690. The maximum atomic E-state index is 11.2. The molecule has 2 heterocycles. The first-order valence-electron chi connectivity index (χ1n) is 5.34. The molecule has 0 spiro atoms. The van der Waals surface area contributed by atoms with Gasteiger partial charge in [0, 0.05) is 17.0 Å². The Bertz CT molecular complexity index is 599. The Kier molecular flexibility index (Phi) is 3.27. The lowest BCUT2D eigenvalue weighted by Crippen LogP contribution is -2.29. The maximum absolute atomic E-state index is 11.2.